The first kappa shape index (κ1) is 9.56. The van der Waals surface area contributed by atoms with Crippen LogP contribution in [0.25, 0.3) is 0 Å². The summed E-state index contributed by atoms with van der Waals surface area (Å²) in [5.74, 6) is 0.365. The van der Waals surface area contributed by atoms with Gasteiger partial charge < -0.3 is 5.73 Å². The third kappa shape index (κ3) is 2.23. The van der Waals surface area contributed by atoms with Crippen molar-refractivity contribution in [2.24, 2.45) is 5.73 Å². The molecule has 0 radical (unpaired) electrons. The highest BCUT2D eigenvalue weighted by Gasteiger charge is 2.09. The molecule has 0 spiro atoms. The molecule has 1 rings (SSSR count). The summed E-state index contributed by atoms with van der Waals surface area (Å²) in [6, 6.07) is 8.02. The van der Waals surface area contributed by atoms with Gasteiger partial charge in [-0.25, -0.2) is 0 Å². The monoisotopic (exact) mass is 183 g/mol. The average Bonchev–Trinajstić information content (AvgIpc) is 2.03. The Morgan fingerprint density at radius 3 is 2.50 bits per heavy atom. The summed E-state index contributed by atoms with van der Waals surface area (Å²) < 4.78 is 0. The summed E-state index contributed by atoms with van der Waals surface area (Å²) >= 11 is 5.85. The molecule has 0 fully saturated rings. The zero-order chi connectivity index (χ0) is 9.14. The molecule has 1 aromatic carbocycles. The Morgan fingerprint density at radius 2 is 2.00 bits per heavy atom. The zero-order valence-corrected chi connectivity index (χ0v) is 8.18. The Hall–Kier alpha value is -0.530. The van der Waals surface area contributed by atoms with Crippen LogP contribution in [0.2, 0.25) is 5.02 Å². The van der Waals surface area contributed by atoms with Crippen LogP contribution in [0.1, 0.15) is 25.3 Å². The standard InChI is InChI=1S/C10H14ClN/c1-7(8(2)12)9-4-3-5-10(11)6-9/h3-8H,12H2,1-2H3. The molecule has 2 heteroatoms. The van der Waals surface area contributed by atoms with Gasteiger partial charge >= 0.3 is 0 Å². The summed E-state index contributed by atoms with van der Waals surface area (Å²) in [5.41, 5.74) is 6.98. The van der Waals surface area contributed by atoms with Crippen molar-refractivity contribution in [3.05, 3.63) is 34.9 Å². The molecule has 0 aliphatic heterocycles. The maximum absolute atomic E-state index is 5.85. The minimum atomic E-state index is 0.170. The zero-order valence-electron chi connectivity index (χ0n) is 7.42. The third-order valence-corrected chi connectivity index (χ3v) is 2.40. The highest BCUT2D eigenvalue weighted by Crippen LogP contribution is 2.20. The van der Waals surface area contributed by atoms with Crippen LogP contribution < -0.4 is 5.73 Å². The van der Waals surface area contributed by atoms with Gasteiger partial charge in [-0.05, 0) is 30.5 Å². The second kappa shape index (κ2) is 3.92. The maximum atomic E-state index is 5.85. The van der Waals surface area contributed by atoms with Gasteiger partial charge in [-0.3, -0.25) is 0 Å². The number of hydrogen-bond donors (Lipinski definition) is 1. The van der Waals surface area contributed by atoms with Crippen LogP contribution in [-0.2, 0) is 0 Å². The van der Waals surface area contributed by atoms with E-state index in [1.54, 1.807) is 0 Å². The molecule has 2 atom stereocenters. The first-order chi connectivity index (χ1) is 5.61. The van der Waals surface area contributed by atoms with Crippen LogP contribution in [0.5, 0.6) is 0 Å². The van der Waals surface area contributed by atoms with Gasteiger partial charge in [-0.15, -0.1) is 0 Å². The van der Waals surface area contributed by atoms with Crippen LogP contribution in [0.15, 0.2) is 24.3 Å². The van der Waals surface area contributed by atoms with E-state index in [0.717, 1.165) is 5.02 Å². The third-order valence-electron chi connectivity index (χ3n) is 2.16. The first-order valence-corrected chi connectivity index (χ1v) is 4.50. The van der Waals surface area contributed by atoms with Crippen LogP contribution in [0.3, 0.4) is 0 Å². The van der Waals surface area contributed by atoms with E-state index in [9.17, 15) is 0 Å². The molecule has 0 bridgehead atoms. The molecule has 0 amide bonds. The fraction of sp³-hybridized carbons (Fsp3) is 0.400. The predicted octanol–water partition coefficient (Wildman–Crippen LogP) is 2.79. The van der Waals surface area contributed by atoms with E-state index in [2.05, 4.69) is 13.0 Å². The molecule has 0 saturated heterocycles. The molecule has 66 valence electrons. The van der Waals surface area contributed by atoms with E-state index < -0.39 is 0 Å². The van der Waals surface area contributed by atoms with Crippen LogP contribution in [0.4, 0.5) is 0 Å². The summed E-state index contributed by atoms with van der Waals surface area (Å²) in [6.07, 6.45) is 0. The number of hydrogen-bond acceptors (Lipinski definition) is 1. The van der Waals surface area contributed by atoms with Gasteiger partial charge in [0, 0.05) is 11.1 Å². The summed E-state index contributed by atoms with van der Waals surface area (Å²) in [7, 11) is 0. The van der Waals surface area contributed by atoms with Crippen molar-refractivity contribution in [1.29, 1.82) is 0 Å². The number of nitrogens with two attached hydrogens (primary N) is 1. The van der Waals surface area contributed by atoms with Crippen molar-refractivity contribution >= 4 is 11.6 Å². The SMILES string of the molecule is CC(N)C(C)c1cccc(Cl)c1. The molecule has 0 aliphatic carbocycles. The molecule has 1 nitrogen and oxygen atoms in total. The highest BCUT2D eigenvalue weighted by atomic mass is 35.5. The lowest BCUT2D eigenvalue weighted by atomic mass is 9.95. The van der Waals surface area contributed by atoms with Crippen molar-refractivity contribution < 1.29 is 0 Å². The van der Waals surface area contributed by atoms with E-state index in [1.165, 1.54) is 5.56 Å². The lowest BCUT2D eigenvalue weighted by Gasteiger charge is -2.15. The fourth-order valence-corrected chi connectivity index (χ4v) is 1.29. The molecular formula is C10H14ClN. The normalized spacial score (nSPS) is 15.7. The Labute approximate surface area is 78.5 Å². The van der Waals surface area contributed by atoms with Gasteiger partial charge in [0.15, 0.2) is 0 Å². The van der Waals surface area contributed by atoms with Gasteiger partial charge in [-0.2, -0.15) is 0 Å². The van der Waals surface area contributed by atoms with E-state index in [0.29, 0.717) is 5.92 Å². The van der Waals surface area contributed by atoms with Crippen LogP contribution in [0, 0.1) is 0 Å². The Balaban J connectivity index is 2.88. The summed E-state index contributed by atoms with van der Waals surface area (Å²) in [5, 5.41) is 0.778. The van der Waals surface area contributed by atoms with Crippen LogP contribution in [-0.4, -0.2) is 6.04 Å². The van der Waals surface area contributed by atoms with E-state index in [-0.39, 0.29) is 6.04 Å². The molecule has 12 heavy (non-hydrogen) atoms. The molecule has 0 aromatic heterocycles. The molecule has 0 heterocycles. The average molecular weight is 184 g/mol. The van der Waals surface area contributed by atoms with Gasteiger partial charge in [0.2, 0.25) is 0 Å². The molecule has 1 aromatic rings. The minimum Gasteiger partial charge on any atom is -0.327 e. The smallest absolute Gasteiger partial charge is 0.0408 e. The van der Waals surface area contributed by atoms with E-state index >= 15 is 0 Å². The largest absolute Gasteiger partial charge is 0.327 e. The quantitative estimate of drug-likeness (QED) is 0.750. The summed E-state index contributed by atoms with van der Waals surface area (Å²) in [4.78, 5) is 0. The van der Waals surface area contributed by atoms with Crippen LogP contribution >= 0.6 is 11.6 Å². The van der Waals surface area contributed by atoms with Crippen molar-refractivity contribution in [2.45, 2.75) is 25.8 Å². The lowest BCUT2D eigenvalue weighted by Crippen LogP contribution is -2.22. The predicted molar refractivity (Wildman–Crippen MR) is 53.5 cm³/mol. The highest BCUT2D eigenvalue weighted by molar-refractivity contribution is 6.30. The van der Waals surface area contributed by atoms with Crippen molar-refractivity contribution in [1.82, 2.24) is 0 Å². The molecule has 0 saturated carbocycles. The van der Waals surface area contributed by atoms with Gasteiger partial charge in [0.25, 0.3) is 0 Å². The van der Waals surface area contributed by atoms with Gasteiger partial charge in [0.05, 0.1) is 0 Å². The summed E-state index contributed by atoms with van der Waals surface area (Å²) in [6.45, 7) is 4.11. The molecule has 2 unspecified atom stereocenters. The van der Waals surface area contributed by atoms with Crippen molar-refractivity contribution in [3.63, 3.8) is 0 Å². The second-order valence-corrected chi connectivity index (χ2v) is 3.64. The fourth-order valence-electron chi connectivity index (χ4n) is 1.09. The molecule has 0 aliphatic rings. The van der Waals surface area contributed by atoms with Crippen molar-refractivity contribution in [2.75, 3.05) is 0 Å². The Kier molecular flexibility index (Phi) is 3.12. The number of benzene rings is 1. The second-order valence-electron chi connectivity index (χ2n) is 3.20. The van der Waals surface area contributed by atoms with E-state index in [1.807, 2.05) is 25.1 Å². The van der Waals surface area contributed by atoms with Gasteiger partial charge in [-0.1, -0.05) is 30.7 Å². The van der Waals surface area contributed by atoms with Gasteiger partial charge in [0.1, 0.15) is 0 Å². The van der Waals surface area contributed by atoms with Crippen molar-refractivity contribution in [3.8, 4) is 0 Å². The minimum absolute atomic E-state index is 0.170. The molecular weight excluding hydrogens is 170 g/mol. The van der Waals surface area contributed by atoms with E-state index in [4.69, 9.17) is 17.3 Å². The number of rotatable bonds is 2. The maximum Gasteiger partial charge on any atom is 0.0408 e. The Bertz CT molecular complexity index is 258. The Morgan fingerprint density at radius 1 is 1.33 bits per heavy atom. The topological polar surface area (TPSA) is 26.0 Å². The first-order valence-electron chi connectivity index (χ1n) is 4.12. The molecule has 2 N–H and O–H groups in total. The lowest BCUT2D eigenvalue weighted by molar-refractivity contribution is 0.613. The number of halogens is 1.